The number of aryl methyl sites for hydroxylation is 2. The van der Waals surface area contributed by atoms with E-state index in [9.17, 15) is 8.42 Å². The molecule has 2 aromatic heterocycles. The molecule has 4 rings (SSSR count). The predicted molar refractivity (Wildman–Crippen MR) is 126 cm³/mol. The number of hydrogen-bond acceptors (Lipinski definition) is 7. The fraction of sp³-hybridized carbons (Fsp3) is 0.217. The molecule has 0 fully saturated rings. The summed E-state index contributed by atoms with van der Waals surface area (Å²) in [6.45, 7) is 6.44. The first-order valence-corrected chi connectivity index (χ1v) is 12.3. The molecule has 0 unspecified atom stereocenters. The molecular weight excluding hydrogens is 446 g/mol. The minimum Gasteiger partial charge on any atom is -0.494 e. The number of nitrogens with zero attached hydrogens (tertiary/aromatic N) is 3. The van der Waals surface area contributed by atoms with Gasteiger partial charge in [-0.1, -0.05) is 11.2 Å². The quantitative estimate of drug-likeness (QED) is 0.365. The first kappa shape index (κ1) is 22.0. The molecule has 166 valence electrons. The topological polar surface area (TPSA) is 85.5 Å². The maximum absolute atomic E-state index is 13.4. The molecule has 4 aromatic rings. The zero-order chi connectivity index (χ0) is 22.9. The first-order chi connectivity index (χ1) is 15.3. The summed E-state index contributed by atoms with van der Waals surface area (Å²) in [6.07, 6.45) is 0. The fourth-order valence-electron chi connectivity index (χ4n) is 3.16. The maximum atomic E-state index is 13.4. The molecule has 32 heavy (non-hydrogen) atoms. The molecule has 0 N–H and O–H groups in total. The third-order valence-electron chi connectivity index (χ3n) is 5.17. The Morgan fingerprint density at radius 1 is 1.06 bits per heavy atom. The van der Waals surface area contributed by atoms with E-state index in [4.69, 9.17) is 9.26 Å². The Hall–Kier alpha value is -3.17. The van der Waals surface area contributed by atoms with Crippen LogP contribution in [-0.4, -0.2) is 32.2 Å². The van der Waals surface area contributed by atoms with Crippen LogP contribution in [-0.2, 0) is 10.0 Å². The van der Waals surface area contributed by atoms with Gasteiger partial charge >= 0.3 is 0 Å². The van der Waals surface area contributed by atoms with Crippen LogP contribution in [0.5, 0.6) is 5.75 Å². The molecular formula is C23H23N3O4S2. The summed E-state index contributed by atoms with van der Waals surface area (Å²) in [5, 5.41) is 5.74. The van der Waals surface area contributed by atoms with Crippen LogP contribution in [0.3, 0.4) is 0 Å². The van der Waals surface area contributed by atoms with Gasteiger partial charge in [0, 0.05) is 12.6 Å². The number of rotatable bonds is 7. The normalized spacial score (nSPS) is 11.5. The van der Waals surface area contributed by atoms with Gasteiger partial charge < -0.3 is 9.26 Å². The molecule has 0 atom stereocenters. The average Bonchev–Trinajstić information content (AvgIpc) is 3.46. The van der Waals surface area contributed by atoms with Gasteiger partial charge in [-0.25, -0.2) is 8.42 Å². The van der Waals surface area contributed by atoms with Crippen molar-refractivity contribution in [1.82, 2.24) is 10.1 Å². The molecule has 0 spiro atoms. The lowest BCUT2D eigenvalue weighted by Gasteiger charge is -2.20. The molecule has 9 heteroatoms. The maximum Gasteiger partial charge on any atom is 0.269 e. The molecule has 7 nitrogen and oxygen atoms in total. The minimum atomic E-state index is -3.82. The Bertz CT molecular complexity index is 1340. The lowest BCUT2D eigenvalue weighted by molar-refractivity contribution is 0.340. The fourth-order valence-corrected chi connectivity index (χ4v) is 5.67. The van der Waals surface area contributed by atoms with Gasteiger partial charge in [-0.05, 0) is 79.7 Å². The Balaban J connectivity index is 1.65. The van der Waals surface area contributed by atoms with E-state index in [-0.39, 0.29) is 10.8 Å². The predicted octanol–water partition coefficient (Wildman–Crippen LogP) is 5.31. The smallest absolute Gasteiger partial charge is 0.269 e. The second kappa shape index (κ2) is 8.76. The summed E-state index contributed by atoms with van der Waals surface area (Å²) in [6, 6.07) is 14.4. The van der Waals surface area contributed by atoms with Crippen LogP contribution in [0, 0.1) is 13.8 Å². The lowest BCUT2D eigenvalue weighted by Crippen LogP contribution is -2.26. The van der Waals surface area contributed by atoms with E-state index in [1.54, 1.807) is 24.6 Å². The standard InChI is InChI=1S/C23H23N3O4S2/c1-5-29-19-10-7-17(8-11-19)22-24-23(30-25-22)21-20(12-13-31-21)32(27,28)26(4)18-9-6-15(2)16(3)14-18/h6-14H,5H2,1-4H3. The van der Waals surface area contributed by atoms with Crippen molar-refractivity contribution in [1.29, 1.82) is 0 Å². The minimum absolute atomic E-state index is 0.130. The van der Waals surface area contributed by atoms with Crippen molar-refractivity contribution in [3.63, 3.8) is 0 Å². The Morgan fingerprint density at radius 3 is 2.50 bits per heavy atom. The highest BCUT2D eigenvalue weighted by atomic mass is 32.2. The number of sulfonamides is 1. The second-order valence-electron chi connectivity index (χ2n) is 7.24. The van der Waals surface area contributed by atoms with E-state index in [0.717, 1.165) is 22.4 Å². The summed E-state index contributed by atoms with van der Waals surface area (Å²) in [5.41, 5.74) is 3.46. The molecule has 0 aliphatic rings. The van der Waals surface area contributed by atoms with Crippen molar-refractivity contribution in [2.45, 2.75) is 25.7 Å². The van der Waals surface area contributed by atoms with Crippen LogP contribution in [0.15, 0.2) is 63.3 Å². The van der Waals surface area contributed by atoms with Crippen LogP contribution in [0.2, 0.25) is 0 Å². The number of benzene rings is 2. The number of hydrogen-bond donors (Lipinski definition) is 0. The number of thiophene rings is 1. The molecule has 0 aliphatic heterocycles. The highest BCUT2D eigenvalue weighted by Gasteiger charge is 2.28. The largest absolute Gasteiger partial charge is 0.494 e. The van der Waals surface area contributed by atoms with Gasteiger partial charge in [0.05, 0.1) is 12.3 Å². The second-order valence-corrected chi connectivity index (χ2v) is 10.1. The zero-order valence-electron chi connectivity index (χ0n) is 18.2. The van der Waals surface area contributed by atoms with Crippen molar-refractivity contribution < 1.29 is 17.7 Å². The van der Waals surface area contributed by atoms with Crippen molar-refractivity contribution in [3.05, 3.63) is 65.0 Å². The van der Waals surface area contributed by atoms with E-state index in [1.807, 2.05) is 57.2 Å². The van der Waals surface area contributed by atoms with Crippen molar-refractivity contribution in [3.8, 4) is 27.9 Å². The molecule has 0 bridgehead atoms. The highest BCUT2D eigenvalue weighted by Crippen LogP contribution is 2.36. The van der Waals surface area contributed by atoms with Crippen molar-refractivity contribution in [2.75, 3.05) is 18.0 Å². The van der Waals surface area contributed by atoms with E-state index in [2.05, 4.69) is 10.1 Å². The summed E-state index contributed by atoms with van der Waals surface area (Å²) in [4.78, 5) is 4.98. The van der Waals surface area contributed by atoms with Gasteiger partial charge in [0.25, 0.3) is 15.9 Å². The zero-order valence-corrected chi connectivity index (χ0v) is 19.8. The van der Waals surface area contributed by atoms with Gasteiger partial charge in [-0.15, -0.1) is 11.3 Å². The number of aromatic nitrogens is 2. The SMILES string of the molecule is CCOc1ccc(-c2noc(-c3sccc3S(=O)(=O)N(C)c3ccc(C)c(C)c3)n2)cc1. The summed E-state index contributed by atoms with van der Waals surface area (Å²) in [5.74, 6) is 1.29. The van der Waals surface area contributed by atoms with Crippen LogP contribution >= 0.6 is 11.3 Å². The monoisotopic (exact) mass is 469 g/mol. The Morgan fingerprint density at radius 2 is 1.81 bits per heavy atom. The molecule has 0 saturated carbocycles. The third-order valence-corrected chi connectivity index (χ3v) is 8.02. The summed E-state index contributed by atoms with van der Waals surface area (Å²) >= 11 is 1.24. The van der Waals surface area contributed by atoms with Crippen LogP contribution in [0.4, 0.5) is 5.69 Å². The molecule has 2 heterocycles. The lowest BCUT2D eigenvalue weighted by atomic mass is 10.1. The first-order valence-electron chi connectivity index (χ1n) is 10.0. The summed E-state index contributed by atoms with van der Waals surface area (Å²) in [7, 11) is -2.28. The van der Waals surface area contributed by atoms with Gasteiger partial charge in [0.15, 0.2) is 0 Å². The van der Waals surface area contributed by atoms with Crippen LogP contribution in [0.1, 0.15) is 18.1 Å². The van der Waals surface area contributed by atoms with Gasteiger partial charge in [0.1, 0.15) is 15.5 Å². The molecule has 0 saturated heterocycles. The third kappa shape index (κ3) is 4.13. The van der Waals surface area contributed by atoms with Crippen LogP contribution in [0.25, 0.3) is 22.2 Å². The van der Waals surface area contributed by atoms with Crippen molar-refractivity contribution >= 4 is 27.0 Å². The Labute approximate surface area is 191 Å². The van der Waals surface area contributed by atoms with Crippen molar-refractivity contribution in [2.24, 2.45) is 0 Å². The molecule has 2 aromatic carbocycles. The average molecular weight is 470 g/mol. The van der Waals surface area contributed by atoms with Gasteiger partial charge in [-0.3, -0.25) is 4.31 Å². The van der Waals surface area contributed by atoms with E-state index < -0.39 is 10.0 Å². The number of anilines is 1. The van der Waals surface area contributed by atoms with Gasteiger partial charge in [0.2, 0.25) is 5.82 Å². The Kier molecular flexibility index (Phi) is 6.03. The van der Waals surface area contributed by atoms with E-state index in [1.165, 1.54) is 15.6 Å². The van der Waals surface area contributed by atoms with E-state index in [0.29, 0.717) is 23.0 Å². The van der Waals surface area contributed by atoms with E-state index >= 15 is 0 Å². The molecule has 0 amide bonds. The summed E-state index contributed by atoms with van der Waals surface area (Å²) < 4.78 is 38.9. The molecule has 0 radical (unpaired) electrons. The highest BCUT2D eigenvalue weighted by molar-refractivity contribution is 7.93. The number of ether oxygens (including phenoxy) is 1. The molecule has 0 aliphatic carbocycles. The van der Waals surface area contributed by atoms with Crippen LogP contribution < -0.4 is 9.04 Å². The van der Waals surface area contributed by atoms with Gasteiger partial charge in [-0.2, -0.15) is 4.98 Å².